The predicted molar refractivity (Wildman–Crippen MR) is 75.0 cm³/mol. The lowest BCUT2D eigenvalue weighted by Gasteiger charge is -2.17. The number of para-hydroxylation sites is 1. The van der Waals surface area contributed by atoms with E-state index < -0.39 is 11.9 Å². The van der Waals surface area contributed by atoms with Crippen LogP contribution in [0.3, 0.4) is 0 Å². The van der Waals surface area contributed by atoms with Crippen molar-refractivity contribution in [1.29, 1.82) is 0 Å². The SMILES string of the molecule is CCCc1cccc2c(NC)c(C)c(C(F)(F)F)nc12. The van der Waals surface area contributed by atoms with Crippen LogP contribution in [0, 0.1) is 6.92 Å². The molecular formula is C15H17F3N2. The van der Waals surface area contributed by atoms with E-state index in [4.69, 9.17) is 0 Å². The minimum atomic E-state index is -4.44. The average Bonchev–Trinajstić information content (AvgIpc) is 2.37. The number of fused-ring (bicyclic) bond motifs is 1. The summed E-state index contributed by atoms with van der Waals surface area (Å²) in [6, 6.07) is 5.51. The maximum absolute atomic E-state index is 13.1. The molecule has 2 rings (SSSR count). The van der Waals surface area contributed by atoms with Crippen molar-refractivity contribution in [3.63, 3.8) is 0 Å². The monoisotopic (exact) mass is 282 g/mol. The average molecular weight is 282 g/mol. The van der Waals surface area contributed by atoms with Crippen LogP contribution in [0.15, 0.2) is 18.2 Å². The number of rotatable bonds is 3. The first-order chi connectivity index (χ1) is 9.40. The Balaban J connectivity index is 2.85. The molecule has 0 saturated heterocycles. The molecule has 0 spiro atoms. The highest BCUT2D eigenvalue weighted by Crippen LogP contribution is 2.37. The fourth-order valence-electron chi connectivity index (χ4n) is 2.51. The Morgan fingerprint density at radius 2 is 1.95 bits per heavy atom. The number of pyridine rings is 1. The molecule has 20 heavy (non-hydrogen) atoms. The first-order valence-corrected chi connectivity index (χ1v) is 6.57. The van der Waals surface area contributed by atoms with Crippen molar-refractivity contribution in [3.05, 3.63) is 35.0 Å². The summed E-state index contributed by atoms with van der Waals surface area (Å²) in [4.78, 5) is 3.91. The van der Waals surface area contributed by atoms with Gasteiger partial charge < -0.3 is 5.32 Å². The van der Waals surface area contributed by atoms with E-state index in [9.17, 15) is 13.2 Å². The van der Waals surface area contributed by atoms with Gasteiger partial charge in [0.15, 0.2) is 0 Å². The topological polar surface area (TPSA) is 24.9 Å². The zero-order valence-electron chi connectivity index (χ0n) is 11.7. The molecule has 1 aromatic carbocycles. The molecule has 2 nitrogen and oxygen atoms in total. The van der Waals surface area contributed by atoms with Crippen molar-refractivity contribution >= 4 is 16.6 Å². The van der Waals surface area contributed by atoms with E-state index in [1.807, 2.05) is 19.1 Å². The molecule has 5 heteroatoms. The first-order valence-electron chi connectivity index (χ1n) is 6.57. The summed E-state index contributed by atoms with van der Waals surface area (Å²) in [5.41, 5.74) is 1.13. The molecule has 0 aliphatic heterocycles. The van der Waals surface area contributed by atoms with Crippen molar-refractivity contribution in [2.24, 2.45) is 0 Å². The minimum Gasteiger partial charge on any atom is -0.387 e. The second kappa shape index (κ2) is 5.31. The Morgan fingerprint density at radius 3 is 2.50 bits per heavy atom. The maximum atomic E-state index is 13.1. The van der Waals surface area contributed by atoms with E-state index in [2.05, 4.69) is 10.3 Å². The van der Waals surface area contributed by atoms with Gasteiger partial charge in [-0.3, -0.25) is 0 Å². The van der Waals surface area contributed by atoms with Crippen molar-refractivity contribution < 1.29 is 13.2 Å². The van der Waals surface area contributed by atoms with Crippen molar-refractivity contribution in [2.45, 2.75) is 32.9 Å². The van der Waals surface area contributed by atoms with Gasteiger partial charge in [-0.25, -0.2) is 4.98 Å². The van der Waals surface area contributed by atoms with Crippen LogP contribution >= 0.6 is 0 Å². The van der Waals surface area contributed by atoms with E-state index >= 15 is 0 Å². The predicted octanol–water partition coefficient (Wildman–Crippen LogP) is 4.56. The quantitative estimate of drug-likeness (QED) is 0.893. The molecule has 0 unspecified atom stereocenters. The van der Waals surface area contributed by atoms with Crippen LogP contribution < -0.4 is 5.32 Å². The Bertz CT molecular complexity index is 633. The Kier molecular flexibility index (Phi) is 3.88. The number of halogens is 3. The summed E-state index contributed by atoms with van der Waals surface area (Å²) in [6.07, 6.45) is -2.86. The maximum Gasteiger partial charge on any atom is 0.433 e. The Hall–Kier alpha value is -1.78. The highest BCUT2D eigenvalue weighted by Gasteiger charge is 2.36. The number of anilines is 1. The van der Waals surface area contributed by atoms with Gasteiger partial charge in [0.2, 0.25) is 0 Å². The molecule has 0 fully saturated rings. The lowest BCUT2D eigenvalue weighted by molar-refractivity contribution is -0.141. The Morgan fingerprint density at radius 1 is 1.25 bits per heavy atom. The molecule has 0 bridgehead atoms. The van der Waals surface area contributed by atoms with E-state index in [0.29, 0.717) is 17.6 Å². The summed E-state index contributed by atoms with van der Waals surface area (Å²) >= 11 is 0. The zero-order chi connectivity index (χ0) is 14.9. The van der Waals surface area contributed by atoms with Crippen LogP contribution in [0.5, 0.6) is 0 Å². The molecule has 0 aliphatic rings. The number of hydrogen-bond donors (Lipinski definition) is 1. The molecule has 1 heterocycles. The fraction of sp³-hybridized carbons (Fsp3) is 0.400. The number of alkyl halides is 3. The Labute approximate surface area is 116 Å². The van der Waals surface area contributed by atoms with Gasteiger partial charge in [-0.05, 0) is 18.9 Å². The molecule has 0 atom stereocenters. The van der Waals surface area contributed by atoms with E-state index in [1.54, 1.807) is 13.1 Å². The van der Waals surface area contributed by atoms with Crippen LogP contribution in [0.4, 0.5) is 18.9 Å². The number of benzene rings is 1. The van der Waals surface area contributed by atoms with Crippen LogP contribution in [-0.2, 0) is 12.6 Å². The lowest BCUT2D eigenvalue weighted by Crippen LogP contribution is -2.13. The van der Waals surface area contributed by atoms with Crippen LogP contribution in [0.25, 0.3) is 10.9 Å². The van der Waals surface area contributed by atoms with Gasteiger partial charge in [0.05, 0.1) is 5.52 Å². The van der Waals surface area contributed by atoms with Gasteiger partial charge in [-0.1, -0.05) is 31.5 Å². The second-order valence-electron chi connectivity index (χ2n) is 4.77. The zero-order valence-corrected chi connectivity index (χ0v) is 11.7. The van der Waals surface area contributed by atoms with Crippen LogP contribution in [0.1, 0.15) is 30.2 Å². The fourth-order valence-corrected chi connectivity index (χ4v) is 2.51. The lowest BCUT2D eigenvalue weighted by atomic mass is 10.0. The summed E-state index contributed by atoms with van der Waals surface area (Å²) in [6.45, 7) is 3.45. The standard InChI is InChI=1S/C15H17F3N2/c1-4-6-10-7-5-8-11-12(19-3)9(2)14(15(16,17)18)20-13(10)11/h5,7-8H,4,6H2,1-3H3,(H,19,20). The number of nitrogens with one attached hydrogen (secondary N) is 1. The molecule has 0 radical (unpaired) electrons. The molecule has 1 aromatic heterocycles. The molecule has 0 amide bonds. The van der Waals surface area contributed by atoms with Gasteiger partial charge in [0.25, 0.3) is 0 Å². The summed E-state index contributed by atoms with van der Waals surface area (Å²) < 4.78 is 39.4. The summed E-state index contributed by atoms with van der Waals surface area (Å²) in [7, 11) is 1.63. The van der Waals surface area contributed by atoms with E-state index in [0.717, 1.165) is 17.4 Å². The van der Waals surface area contributed by atoms with Gasteiger partial charge >= 0.3 is 6.18 Å². The van der Waals surface area contributed by atoms with E-state index in [1.165, 1.54) is 6.92 Å². The van der Waals surface area contributed by atoms with Crippen LogP contribution in [0.2, 0.25) is 0 Å². The van der Waals surface area contributed by atoms with Gasteiger partial charge in [0, 0.05) is 23.7 Å². The highest BCUT2D eigenvalue weighted by molar-refractivity contribution is 5.95. The number of hydrogen-bond acceptors (Lipinski definition) is 2. The van der Waals surface area contributed by atoms with Gasteiger partial charge in [-0.15, -0.1) is 0 Å². The number of aryl methyl sites for hydroxylation is 1. The normalized spacial score (nSPS) is 11.9. The van der Waals surface area contributed by atoms with E-state index in [-0.39, 0.29) is 5.56 Å². The third kappa shape index (κ3) is 2.44. The number of nitrogens with zero attached hydrogens (tertiary/aromatic N) is 1. The van der Waals surface area contributed by atoms with Crippen molar-refractivity contribution in [1.82, 2.24) is 4.98 Å². The molecule has 1 N–H and O–H groups in total. The summed E-state index contributed by atoms with van der Waals surface area (Å²) in [5.74, 6) is 0. The third-order valence-electron chi connectivity index (χ3n) is 3.38. The van der Waals surface area contributed by atoms with Crippen molar-refractivity contribution in [3.8, 4) is 0 Å². The molecule has 0 saturated carbocycles. The second-order valence-corrected chi connectivity index (χ2v) is 4.77. The molecule has 2 aromatic rings. The molecule has 108 valence electrons. The summed E-state index contributed by atoms with van der Waals surface area (Å²) in [5, 5.41) is 3.62. The smallest absolute Gasteiger partial charge is 0.387 e. The molecular weight excluding hydrogens is 265 g/mol. The molecule has 0 aliphatic carbocycles. The van der Waals surface area contributed by atoms with Crippen LogP contribution in [-0.4, -0.2) is 12.0 Å². The minimum absolute atomic E-state index is 0.140. The number of aromatic nitrogens is 1. The largest absolute Gasteiger partial charge is 0.433 e. The third-order valence-corrected chi connectivity index (χ3v) is 3.38. The van der Waals surface area contributed by atoms with Gasteiger partial charge in [0.1, 0.15) is 5.69 Å². The van der Waals surface area contributed by atoms with Crippen molar-refractivity contribution in [2.75, 3.05) is 12.4 Å². The first kappa shape index (κ1) is 14.6. The highest BCUT2D eigenvalue weighted by atomic mass is 19.4. The van der Waals surface area contributed by atoms with Gasteiger partial charge in [-0.2, -0.15) is 13.2 Å².